The van der Waals surface area contributed by atoms with Gasteiger partial charge in [0.05, 0.1) is 4.90 Å². The number of nitrogens with zero attached hydrogens (tertiary/aromatic N) is 1. The van der Waals surface area contributed by atoms with E-state index >= 15 is 0 Å². The number of benzene rings is 1. The molecule has 1 aromatic carbocycles. The first-order valence-corrected chi connectivity index (χ1v) is 7.94. The van der Waals surface area contributed by atoms with E-state index in [1.54, 1.807) is 4.90 Å². The summed E-state index contributed by atoms with van der Waals surface area (Å²) >= 11 is 0. The zero-order valence-electron chi connectivity index (χ0n) is 11.4. The van der Waals surface area contributed by atoms with E-state index < -0.39 is 15.8 Å². The molecule has 7 heteroatoms. The summed E-state index contributed by atoms with van der Waals surface area (Å²) in [6.07, 6.45) is 1.85. The first-order valence-electron chi connectivity index (χ1n) is 6.39. The fourth-order valence-corrected chi connectivity index (χ4v) is 3.01. The van der Waals surface area contributed by atoms with Crippen molar-refractivity contribution in [2.75, 3.05) is 6.54 Å². The van der Waals surface area contributed by atoms with Crippen molar-refractivity contribution in [2.24, 2.45) is 5.14 Å². The highest BCUT2D eigenvalue weighted by Gasteiger charge is 2.32. The molecular weight excluding hydrogens is 283 g/mol. The molecule has 1 amide bonds. The minimum Gasteiger partial charge on any atom is -0.336 e. The van der Waals surface area contributed by atoms with Crippen LogP contribution in [0.25, 0.3) is 0 Å². The van der Waals surface area contributed by atoms with Crippen molar-refractivity contribution >= 4 is 15.9 Å². The van der Waals surface area contributed by atoms with Gasteiger partial charge in [0.25, 0.3) is 5.91 Å². The zero-order valence-corrected chi connectivity index (χ0v) is 12.2. The van der Waals surface area contributed by atoms with Crippen LogP contribution < -0.4 is 5.14 Å². The molecule has 2 rings (SSSR count). The molecule has 2 N–H and O–H groups in total. The van der Waals surface area contributed by atoms with E-state index in [-0.39, 0.29) is 28.0 Å². The molecule has 0 radical (unpaired) electrons. The summed E-state index contributed by atoms with van der Waals surface area (Å²) in [7, 11) is -4.06. The van der Waals surface area contributed by atoms with Gasteiger partial charge in [0.1, 0.15) is 5.82 Å². The molecule has 1 fully saturated rings. The van der Waals surface area contributed by atoms with Crippen LogP contribution in [-0.4, -0.2) is 31.8 Å². The number of halogens is 1. The van der Waals surface area contributed by atoms with Crippen LogP contribution in [0, 0.1) is 12.7 Å². The molecule has 1 aliphatic rings. The maximum absolute atomic E-state index is 13.8. The summed E-state index contributed by atoms with van der Waals surface area (Å²) in [5, 5.41) is 5.06. The summed E-state index contributed by atoms with van der Waals surface area (Å²) in [5.74, 6) is -1.11. The molecule has 0 aliphatic heterocycles. The molecule has 0 aromatic heterocycles. The lowest BCUT2D eigenvalue weighted by Crippen LogP contribution is -2.33. The second kappa shape index (κ2) is 5.14. The van der Waals surface area contributed by atoms with Gasteiger partial charge >= 0.3 is 0 Å². The topological polar surface area (TPSA) is 80.5 Å². The minimum atomic E-state index is -4.06. The quantitative estimate of drug-likeness (QED) is 0.912. The number of primary sulfonamides is 1. The van der Waals surface area contributed by atoms with Crippen molar-refractivity contribution in [3.8, 4) is 0 Å². The number of carbonyl (C=O) groups is 1. The zero-order chi connectivity index (χ0) is 15.1. The average molecular weight is 300 g/mol. The summed E-state index contributed by atoms with van der Waals surface area (Å²) < 4.78 is 36.7. The fourth-order valence-electron chi connectivity index (χ4n) is 2.19. The predicted molar refractivity (Wildman–Crippen MR) is 72.2 cm³/mol. The van der Waals surface area contributed by atoms with Gasteiger partial charge in [-0.1, -0.05) is 0 Å². The number of nitrogens with two attached hydrogens (primary N) is 1. The van der Waals surface area contributed by atoms with E-state index in [1.165, 1.54) is 6.92 Å². The van der Waals surface area contributed by atoms with Crippen LogP contribution in [0.2, 0.25) is 0 Å². The van der Waals surface area contributed by atoms with E-state index in [4.69, 9.17) is 5.14 Å². The molecule has 5 nitrogen and oxygen atoms in total. The SMILES string of the molecule is CCN(C(=O)c1cc(F)c(C)c(S(N)(=O)=O)c1)C1CC1. The van der Waals surface area contributed by atoms with E-state index in [9.17, 15) is 17.6 Å². The summed E-state index contributed by atoms with van der Waals surface area (Å²) in [5.41, 5.74) is -0.0515. The number of carbonyl (C=O) groups excluding carboxylic acids is 1. The second-order valence-electron chi connectivity index (χ2n) is 4.95. The largest absolute Gasteiger partial charge is 0.336 e. The highest BCUT2D eigenvalue weighted by Crippen LogP contribution is 2.29. The van der Waals surface area contributed by atoms with Crippen LogP contribution in [-0.2, 0) is 10.0 Å². The van der Waals surface area contributed by atoms with Gasteiger partial charge in [-0.05, 0) is 38.8 Å². The summed E-state index contributed by atoms with van der Waals surface area (Å²) in [4.78, 5) is 13.6. The minimum absolute atomic E-state index is 0.0193. The smallest absolute Gasteiger partial charge is 0.254 e. The van der Waals surface area contributed by atoms with Crippen LogP contribution in [0.5, 0.6) is 0 Å². The highest BCUT2D eigenvalue weighted by molar-refractivity contribution is 7.89. The first-order chi connectivity index (χ1) is 9.25. The first kappa shape index (κ1) is 14.9. The van der Waals surface area contributed by atoms with E-state index in [0.717, 1.165) is 25.0 Å². The van der Waals surface area contributed by atoms with E-state index in [0.29, 0.717) is 6.54 Å². The average Bonchev–Trinajstić information content (AvgIpc) is 3.16. The monoisotopic (exact) mass is 300 g/mol. The van der Waals surface area contributed by atoms with Crippen molar-refractivity contribution < 1.29 is 17.6 Å². The third-order valence-electron chi connectivity index (χ3n) is 3.44. The Kier molecular flexibility index (Phi) is 3.84. The molecule has 0 saturated heterocycles. The van der Waals surface area contributed by atoms with E-state index in [2.05, 4.69) is 0 Å². The van der Waals surface area contributed by atoms with Crippen molar-refractivity contribution in [1.82, 2.24) is 4.90 Å². The van der Waals surface area contributed by atoms with Gasteiger partial charge in [-0.3, -0.25) is 4.79 Å². The lowest BCUT2D eigenvalue weighted by atomic mass is 10.1. The Morgan fingerprint density at radius 1 is 1.45 bits per heavy atom. The number of hydrogen-bond acceptors (Lipinski definition) is 3. The highest BCUT2D eigenvalue weighted by atomic mass is 32.2. The molecule has 1 saturated carbocycles. The second-order valence-corrected chi connectivity index (χ2v) is 6.48. The third kappa shape index (κ3) is 2.83. The van der Waals surface area contributed by atoms with Gasteiger partial charge in [-0.2, -0.15) is 0 Å². The third-order valence-corrected chi connectivity index (χ3v) is 4.48. The van der Waals surface area contributed by atoms with Crippen LogP contribution in [0.15, 0.2) is 17.0 Å². The molecule has 20 heavy (non-hydrogen) atoms. The molecule has 0 atom stereocenters. The Morgan fingerprint density at radius 3 is 2.50 bits per heavy atom. The normalized spacial score (nSPS) is 15.2. The number of amides is 1. The molecule has 1 aliphatic carbocycles. The van der Waals surface area contributed by atoms with Gasteiger partial charge < -0.3 is 4.90 Å². The Morgan fingerprint density at radius 2 is 2.05 bits per heavy atom. The lowest BCUT2D eigenvalue weighted by Gasteiger charge is -2.21. The van der Waals surface area contributed by atoms with Gasteiger partial charge in [0, 0.05) is 23.7 Å². The molecule has 1 aromatic rings. The van der Waals surface area contributed by atoms with Crippen LogP contribution in [0.1, 0.15) is 35.7 Å². The van der Waals surface area contributed by atoms with Gasteiger partial charge in [0.15, 0.2) is 0 Å². The van der Waals surface area contributed by atoms with Crippen molar-refractivity contribution in [1.29, 1.82) is 0 Å². The van der Waals surface area contributed by atoms with Crippen molar-refractivity contribution in [3.63, 3.8) is 0 Å². The van der Waals surface area contributed by atoms with Gasteiger partial charge in [-0.15, -0.1) is 0 Å². The van der Waals surface area contributed by atoms with Crippen molar-refractivity contribution in [2.45, 2.75) is 37.6 Å². The lowest BCUT2D eigenvalue weighted by molar-refractivity contribution is 0.0751. The summed E-state index contributed by atoms with van der Waals surface area (Å²) in [6.45, 7) is 3.66. The van der Waals surface area contributed by atoms with Gasteiger partial charge in [-0.25, -0.2) is 17.9 Å². The van der Waals surface area contributed by atoms with Crippen molar-refractivity contribution in [3.05, 3.63) is 29.1 Å². The molecule has 0 spiro atoms. The van der Waals surface area contributed by atoms with Crippen LogP contribution in [0.4, 0.5) is 4.39 Å². The molecular formula is C13H17FN2O3S. The molecule has 110 valence electrons. The number of hydrogen-bond donors (Lipinski definition) is 1. The Labute approximate surface area is 117 Å². The van der Waals surface area contributed by atoms with E-state index in [1.807, 2.05) is 6.92 Å². The standard InChI is InChI=1S/C13H17FN2O3S/c1-3-16(10-4-5-10)13(17)9-6-11(14)8(2)12(7-9)20(15,18)19/h6-7,10H,3-5H2,1-2H3,(H2,15,18,19). The number of sulfonamides is 1. The maximum Gasteiger partial charge on any atom is 0.254 e. The summed E-state index contributed by atoms with van der Waals surface area (Å²) in [6, 6.07) is 2.40. The molecule has 0 heterocycles. The Bertz CT molecular complexity index is 654. The Balaban J connectivity index is 2.47. The number of rotatable bonds is 4. The molecule has 0 unspecified atom stereocenters. The van der Waals surface area contributed by atoms with Gasteiger partial charge in [0.2, 0.25) is 10.0 Å². The van der Waals surface area contributed by atoms with Crippen LogP contribution >= 0.6 is 0 Å². The molecule has 0 bridgehead atoms. The Hall–Kier alpha value is -1.47. The fraction of sp³-hybridized carbons (Fsp3) is 0.462. The predicted octanol–water partition coefficient (Wildman–Crippen LogP) is 1.41. The maximum atomic E-state index is 13.8. The van der Waals surface area contributed by atoms with Crippen LogP contribution in [0.3, 0.4) is 0 Å².